The Morgan fingerprint density at radius 3 is 2.40 bits per heavy atom. The molecule has 1 saturated carbocycles. The number of carbonyl (C=O) groups excluding carboxylic acids is 1. The molecule has 0 saturated heterocycles. The van der Waals surface area contributed by atoms with Crippen molar-refractivity contribution in [1.82, 2.24) is 4.90 Å². The van der Waals surface area contributed by atoms with Crippen LogP contribution in [-0.2, 0) is 14.6 Å². The minimum atomic E-state index is -3.65. The highest BCUT2D eigenvalue weighted by molar-refractivity contribution is 7.90. The number of amides is 1. The summed E-state index contributed by atoms with van der Waals surface area (Å²) in [6.07, 6.45) is 4.37. The molecule has 0 unspecified atom stereocenters. The molecule has 9 heteroatoms. The van der Waals surface area contributed by atoms with E-state index >= 15 is 0 Å². The van der Waals surface area contributed by atoms with Crippen molar-refractivity contribution in [2.45, 2.75) is 30.6 Å². The molecule has 1 amide bonds. The molecule has 0 spiro atoms. The van der Waals surface area contributed by atoms with Crippen molar-refractivity contribution in [3.8, 4) is 0 Å². The summed E-state index contributed by atoms with van der Waals surface area (Å²) < 4.78 is 24.0. The molecule has 0 bridgehead atoms. The molecule has 1 fully saturated rings. The van der Waals surface area contributed by atoms with Gasteiger partial charge in [0.2, 0.25) is 5.91 Å². The van der Waals surface area contributed by atoms with Crippen LogP contribution in [0.3, 0.4) is 0 Å². The fraction of sp³-hybridized carbons (Fsp3) is 0.562. The molecule has 0 radical (unpaired) electrons. The normalized spacial score (nSPS) is 16.4. The number of non-ortho nitro benzene ring substituents is 1. The maximum Gasteiger partial charge on any atom is 0.270 e. The van der Waals surface area contributed by atoms with E-state index in [-0.39, 0.29) is 22.2 Å². The van der Waals surface area contributed by atoms with Crippen LogP contribution >= 0.6 is 0 Å². The first-order valence-corrected chi connectivity index (χ1v) is 9.90. The van der Waals surface area contributed by atoms with E-state index in [1.807, 2.05) is 0 Å². The Balaban J connectivity index is 2.33. The molecular formula is C16H23N3O5S. The van der Waals surface area contributed by atoms with Crippen LogP contribution in [0.2, 0.25) is 0 Å². The maximum atomic E-state index is 12.6. The summed E-state index contributed by atoms with van der Waals surface area (Å²) in [6.45, 7) is 0.296. The topological polar surface area (TPSA) is 110 Å². The van der Waals surface area contributed by atoms with E-state index in [1.54, 1.807) is 19.0 Å². The van der Waals surface area contributed by atoms with Crippen LogP contribution in [0.25, 0.3) is 0 Å². The molecule has 1 aliphatic rings. The van der Waals surface area contributed by atoms with E-state index in [0.717, 1.165) is 38.0 Å². The predicted molar refractivity (Wildman–Crippen MR) is 94.3 cm³/mol. The van der Waals surface area contributed by atoms with E-state index in [1.165, 1.54) is 12.1 Å². The van der Waals surface area contributed by atoms with Crippen molar-refractivity contribution in [2.24, 2.45) is 5.41 Å². The highest BCUT2D eigenvalue weighted by Crippen LogP contribution is 2.40. The third-order valence-electron chi connectivity index (χ3n) is 4.61. The van der Waals surface area contributed by atoms with Crippen LogP contribution in [0.4, 0.5) is 11.4 Å². The lowest BCUT2D eigenvalue weighted by Gasteiger charge is -2.31. The molecular weight excluding hydrogens is 346 g/mol. The van der Waals surface area contributed by atoms with Gasteiger partial charge in [-0.25, -0.2) is 8.42 Å². The second-order valence-corrected chi connectivity index (χ2v) is 8.73. The zero-order valence-electron chi connectivity index (χ0n) is 14.6. The van der Waals surface area contributed by atoms with Gasteiger partial charge in [-0.2, -0.15) is 0 Å². The number of sulfone groups is 1. The van der Waals surface area contributed by atoms with Crippen LogP contribution in [0.15, 0.2) is 23.1 Å². The summed E-state index contributed by atoms with van der Waals surface area (Å²) in [5.74, 6) is 0.0142. The molecule has 0 heterocycles. The molecule has 0 atom stereocenters. The second kappa shape index (κ2) is 6.99. The first-order chi connectivity index (χ1) is 11.6. The average molecular weight is 369 g/mol. The number of carbonyl (C=O) groups is 1. The lowest BCUT2D eigenvalue weighted by Crippen LogP contribution is -2.43. The SMILES string of the molecule is CN(C)C(=O)C1(CNc2ccc([N+](=O)[O-])cc2S(C)(=O)=O)CCCC1. The van der Waals surface area contributed by atoms with Gasteiger partial charge in [0.1, 0.15) is 0 Å². The highest BCUT2D eigenvalue weighted by Gasteiger charge is 2.42. The van der Waals surface area contributed by atoms with Crippen LogP contribution in [-0.4, -0.2) is 51.0 Å². The van der Waals surface area contributed by atoms with E-state index in [0.29, 0.717) is 6.54 Å². The van der Waals surface area contributed by atoms with Gasteiger partial charge in [-0.15, -0.1) is 0 Å². The van der Waals surface area contributed by atoms with E-state index in [4.69, 9.17) is 0 Å². The van der Waals surface area contributed by atoms with Gasteiger partial charge in [0.25, 0.3) is 5.69 Å². The fourth-order valence-corrected chi connectivity index (χ4v) is 4.21. The number of benzene rings is 1. The number of hydrogen-bond donors (Lipinski definition) is 1. The smallest absolute Gasteiger partial charge is 0.270 e. The first-order valence-electron chi connectivity index (χ1n) is 8.01. The second-order valence-electron chi connectivity index (χ2n) is 6.75. The van der Waals surface area contributed by atoms with Crippen molar-refractivity contribution >= 4 is 27.1 Å². The zero-order valence-corrected chi connectivity index (χ0v) is 15.4. The molecule has 1 N–H and O–H groups in total. The Labute approximate surface area is 147 Å². The Bertz CT molecular complexity index is 783. The van der Waals surface area contributed by atoms with Gasteiger partial charge in [0.05, 0.1) is 20.9 Å². The van der Waals surface area contributed by atoms with Crippen molar-refractivity contribution in [3.63, 3.8) is 0 Å². The standard InChI is InChI=1S/C16H23N3O5S/c1-18(2)15(20)16(8-4-5-9-16)11-17-13-7-6-12(19(21)22)10-14(13)25(3,23)24/h6-7,10,17H,4-5,8-9,11H2,1-3H3. The van der Waals surface area contributed by atoms with Gasteiger partial charge in [0.15, 0.2) is 9.84 Å². The van der Waals surface area contributed by atoms with Crippen LogP contribution in [0.1, 0.15) is 25.7 Å². The molecule has 1 aromatic carbocycles. The summed E-state index contributed by atoms with van der Waals surface area (Å²) in [7, 11) is -0.245. The predicted octanol–water partition coefficient (Wildman–Crippen LogP) is 2.06. The Morgan fingerprint density at radius 1 is 1.32 bits per heavy atom. The number of nitro groups is 1. The Kier molecular flexibility index (Phi) is 5.36. The van der Waals surface area contributed by atoms with E-state index < -0.39 is 20.2 Å². The minimum absolute atomic E-state index is 0.0142. The van der Waals surface area contributed by atoms with Crippen molar-refractivity contribution in [2.75, 3.05) is 32.2 Å². The molecule has 138 valence electrons. The molecule has 0 aliphatic heterocycles. The highest BCUT2D eigenvalue weighted by atomic mass is 32.2. The Morgan fingerprint density at radius 2 is 1.92 bits per heavy atom. The molecule has 2 rings (SSSR count). The van der Waals surface area contributed by atoms with E-state index in [2.05, 4.69) is 5.32 Å². The summed E-state index contributed by atoms with van der Waals surface area (Å²) in [5, 5.41) is 14.0. The van der Waals surface area contributed by atoms with Gasteiger partial charge >= 0.3 is 0 Å². The third-order valence-corrected chi connectivity index (χ3v) is 5.75. The van der Waals surface area contributed by atoms with Crippen LogP contribution in [0.5, 0.6) is 0 Å². The van der Waals surface area contributed by atoms with Gasteiger partial charge in [-0.05, 0) is 18.9 Å². The number of nitrogens with zero attached hydrogens (tertiary/aromatic N) is 2. The number of nitrogens with one attached hydrogen (secondary N) is 1. The van der Waals surface area contributed by atoms with Gasteiger partial charge < -0.3 is 10.2 Å². The maximum absolute atomic E-state index is 12.6. The number of hydrogen-bond acceptors (Lipinski definition) is 6. The van der Waals surface area contributed by atoms with Gasteiger partial charge in [-0.1, -0.05) is 12.8 Å². The third kappa shape index (κ3) is 4.09. The quantitative estimate of drug-likeness (QED) is 0.607. The number of anilines is 1. The molecule has 8 nitrogen and oxygen atoms in total. The summed E-state index contributed by atoms with van der Waals surface area (Å²) >= 11 is 0. The summed E-state index contributed by atoms with van der Waals surface area (Å²) in [4.78, 5) is 24.3. The van der Waals surface area contributed by atoms with E-state index in [9.17, 15) is 23.3 Å². The lowest BCUT2D eigenvalue weighted by atomic mass is 9.84. The van der Waals surface area contributed by atoms with Crippen molar-refractivity contribution in [3.05, 3.63) is 28.3 Å². The minimum Gasteiger partial charge on any atom is -0.383 e. The summed E-state index contributed by atoms with van der Waals surface area (Å²) in [6, 6.07) is 3.69. The zero-order chi connectivity index (χ0) is 18.8. The molecule has 0 aromatic heterocycles. The average Bonchev–Trinajstić information content (AvgIpc) is 3.01. The van der Waals surface area contributed by atoms with Crippen LogP contribution in [0, 0.1) is 15.5 Å². The Hall–Kier alpha value is -2.16. The largest absolute Gasteiger partial charge is 0.383 e. The molecule has 1 aromatic rings. The van der Waals surface area contributed by atoms with Crippen LogP contribution < -0.4 is 5.32 Å². The fourth-order valence-electron chi connectivity index (χ4n) is 3.33. The van der Waals surface area contributed by atoms with Gasteiger partial charge in [0, 0.05) is 39.0 Å². The van der Waals surface area contributed by atoms with Gasteiger partial charge in [-0.3, -0.25) is 14.9 Å². The first kappa shape index (κ1) is 19.2. The lowest BCUT2D eigenvalue weighted by molar-refractivity contribution is -0.385. The summed E-state index contributed by atoms with van der Waals surface area (Å²) in [5.41, 5.74) is -0.572. The molecule has 1 aliphatic carbocycles. The number of rotatable bonds is 6. The monoisotopic (exact) mass is 369 g/mol. The number of nitro benzene ring substituents is 1. The van der Waals surface area contributed by atoms with Crippen molar-refractivity contribution in [1.29, 1.82) is 0 Å². The van der Waals surface area contributed by atoms with Crippen molar-refractivity contribution < 1.29 is 18.1 Å². The molecule has 25 heavy (non-hydrogen) atoms.